The maximum absolute atomic E-state index is 13.4. The van der Waals surface area contributed by atoms with Crippen LogP contribution >= 0.6 is 0 Å². The highest BCUT2D eigenvalue weighted by molar-refractivity contribution is 6.51. The number of benzene rings is 2. The monoisotopic (exact) mass is 489 g/mol. The van der Waals surface area contributed by atoms with Crippen LogP contribution in [0.15, 0.2) is 64.8 Å². The molecule has 7 nitrogen and oxygen atoms in total. The van der Waals surface area contributed by atoms with Gasteiger partial charge in [0.25, 0.3) is 11.7 Å². The first-order valence-corrected chi connectivity index (χ1v) is 11.9. The molecule has 0 aliphatic carbocycles. The molecule has 1 amide bonds. The zero-order valence-electron chi connectivity index (χ0n) is 21.4. The molecule has 4 rings (SSSR count). The number of anilines is 1. The Morgan fingerprint density at radius 3 is 2.31 bits per heavy atom. The maximum Gasteiger partial charge on any atom is 0.300 e. The molecule has 7 heteroatoms. The zero-order chi connectivity index (χ0) is 26.1. The molecule has 1 atom stereocenters. The molecule has 0 radical (unpaired) electrons. The third-order valence-corrected chi connectivity index (χ3v) is 6.20. The smallest absolute Gasteiger partial charge is 0.300 e. The number of ketones is 1. The van der Waals surface area contributed by atoms with Gasteiger partial charge in [-0.15, -0.1) is 0 Å². The summed E-state index contributed by atoms with van der Waals surface area (Å²) in [5.74, 6) is 0.0544. The summed E-state index contributed by atoms with van der Waals surface area (Å²) in [6, 6.07) is 13.0. The average molecular weight is 490 g/mol. The van der Waals surface area contributed by atoms with Crippen LogP contribution in [0.25, 0.3) is 5.76 Å². The number of furan rings is 1. The average Bonchev–Trinajstić information content (AvgIpc) is 3.45. The second-order valence-corrected chi connectivity index (χ2v) is 9.41. The normalized spacial score (nSPS) is 17.3. The van der Waals surface area contributed by atoms with Gasteiger partial charge in [0.2, 0.25) is 0 Å². The van der Waals surface area contributed by atoms with E-state index >= 15 is 0 Å². The van der Waals surface area contributed by atoms with E-state index in [0.29, 0.717) is 34.1 Å². The largest absolute Gasteiger partial charge is 0.507 e. The van der Waals surface area contributed by atoms with Crippen LogP contribution in [0.4, 0.5) is 5.69 Å². The molecule has 188 valence electrons. The van der Waals surface area contributed by atoms with Gasteiger partial charge in [0.1, 0.15) is 29.1 Å². The highest BCUT2D eigenvalue weighted by atomic mass is 16.5. The van der Waals surface area contributed by atoms with Gasteiger partial charge in [0, 0.05) is 11.3 Å². The van der Waals surface area contributed by atoms with Crippen molar-refractivity contribution in [1.29, 1.82) is 0 Å². The number of aliphatic hydroxyl groups excluding tert-OH is 1. The molecule has 1 N–H and O–H groups in total. The molecule has 3 aromatic rings. The van der Waals surface area contributed by atoms with Crippen molar-refractivity contribution in [1.82, 2.24) is 0 Å². The number of hydrogen-bond donors (Lipinski definition) is 1. The summed E-state index contributed by atoms with van der Waals surface area (Å²) < 4.78 is 16.9. The van der Waals surface area contributed by atoms with Gasteiger partial charge in [-0.05, 0) is 86.3 Å². The number of aryl methyl sites for hydroxylation is 1. The molecule has 1 unspecified atom stereocenters. The molecule has 0 saturated carbocycles. The Labute approximate surface area is 210 Å². The van der Waals surface area contributed by atoms with Crippen LogP contribution < -0.4 is 14.4 Å². The van der Waals surface area contributed by atoms with Crippen LogP contribution in [0.5, 0.6) is 11.5 Å². The van der Waals surface area contributed by atoms with Crippen molar-refractivity contribution in [2.75, 3.05) is 12.0 Å². The number of carbonyl (C=O) groups excluding carboxylic acids is 2. The number of nitrogens with zero attached hydrogens (tertiary/aromatic N) is 1. The van der Waals surface area contributed by atoms with Crippen LogP contribution in [0, 0.1) is 6.92 Å². The number of Topliss-reactive ketones (excluding diaryl/α,β-unsaturated/α-hetero) is 1. The van der Waals surface area contributed by atoms with E-state index in [4.69, 9.17) is 13.9 Å². The van der Waals surface area contributed by atoms with E-state index in [1.807, 2.05) is 46.8 Å². The maximum atomic E-state index is 13.4. The molecule has 0 spiro atoms. The van der Waals surface area contributed by atoms with Crippen molar-refractivity contribution in [3.8, 4) is 11.5 Å². The minimum atomic E-state index is -0.930. The van der Waals surface area contributed by atoms with Gasteiger partial charge >= 0.3 is 0 Å². The molecule has 0 bridgehead atoms. The minimum absolute atomic E-state index is 0.00309. The van der Waals surface area contributed by atoms with E-state index in [-0.39, 0.29) is 23.4 Å². The predicted octanol–water partition coefficient (Wildman–Crippen LogP) is 6.13. The van der Waals surface area contributed by atoms with E-state index in [1.54, 1.807) is 43.5 Å². The third-order valence-electron chi connectivity index (χ3n) is 6.20. The van der Waals surface area contributed by atoms with E-state index in [0.717, 1.165) is 5.56 Å². The standard InChI is InChI=1S/C29H31NO6/c1-16(2)21-15-22(18(5)14-24(21)34-6)27(31)25-26(23-8-7-13-35-23)30(29(33)28(25)32)19-9-11-20(12-10-19)36-17(3)4/h7-17,26,31H,1-6H3/b27-25+. The summed E-state index contributed by atoms with van der Waals surface area (Å²) in [5.41, 5.74) is 2.53. The third kappa shape index (κ3) is 4.49. The summed E-state index contributed by atoms with van der Waals surface area (Å²) in [4.78, 5) is 28.0. The van der Waals surface area contributed by atoms with Gasteiger partial charge in [0.05, 0.1) is 25.1 Å². The quantitative estimate of drug-likeness (QED) is 0.244. The zero-order valence-corrected chi connectivity index (χ0v) is 21.4. The summed E-state index contributed by atoms with van der Waals surface area (Å²) in [5, 5.41) is 11.5. The Morgan fingerprint density at radius 1 is 1.06 bits per heavy atom. The fourth-order valence-corrected chi connectivity index (χ4v) is 4.50. The van der Waals surface area contributed by atoms with Crippen molar-refractivity contribution in [3.63, 3.8) is 0 Å². The van der Waals surface area contributed by atoms with Crippen LogP contribution in [0.2, 0.25) is 0 Å². The summed E-state index contributed by atoms with van der Waals surface area (Å²) in [7, 11) is 1.60. The first-order chi connectivity index (χ1) is 17.1. The highest BCUT2D eigenvalue weighted by Crippen LogP contribution is 2.43. The van der Waals surface area contributed by atoms with Crippen LogP contribution in [-0.2, 0) is 9.59 Å². The molecule has 2 heterocycles. The van der Waals surface area contributed by atoms with Crippen LogP contribution in [0.1, 0.15) is 62.1 Å². The minimum Gasteiger partial charge on any atom is -0.507 e. The lowest BCUT2D eigenvalue weighted by atomic mass is 9.92. The lowest BCUT2D eigenvalue weighted by Crippen LogP contribution is -2.29. The van der Waals surface area contributed by atoms with Gasteiger partial charge in [-0.2, -0.15) is 0 Å². The Bertz CT molecular complexity index is 1300. The molecule has 2 aromatic carbocycles. The molecule has 1 saturated heterocycles. The van der Waals surface area contributed by atoms with Crippen molar-refractivity contribution < 1.29 is 28.6 Å². The van der Waals surface area contributed by atoms with Crippen molar-refractivity contribution >= 4 is 23.1 Å². The lowest BCUT2D eigenvalue weighted by molar-refractivity contribution is -0.132. The Balaban J connectivity index is 1.88. The second kappa shape index (κ2) is 9.93. The number of aliphatic hydroxyl groups is 1. The molecular formula is C29H31NO6. The number of rotatable bonds is 7. The van der Waals surface area contributed by atoms with Crippen molar-refractivity contribution in [3.05, 3.63) is 82.8 Å². The fourth-order valence-electron chi connectivity index (χ4n) is 4.50. The topological polar surface area (TPSA) is 89.2 Å². The summed E-state index contributed by atoms with van der Waals surface area (Å²) in [6.07, 6.45) is 1.47. The van der Waals surface area contributed by atoms with Gasteiger partial charge in [-0.1, -0.05) is 13.8 Å². The van der Waals surface area contributed by atoms with E-state index in [9.17, 15) is 14.7 Å². The predicted molar refractivity (Wildman–Crippen MR) is 138 cm³/mol. The molecule has 1 aliphatic heterocycles. The molecule has 36 heavy (non-hydrogen) atoms. The second-order valence-electron chi connectivity index (χ2n) is 9.41. The van der Waals surface area contributed by atoms with E-state index < -0.39 is 17.7 Å². The SMILES string of the molecule is COc1cc(C)c(/C(O)=C2\C(=O)C(=O)N(c3ccc(OC(C)C)cc3)C2c2ccco2)cc1C(C)C. The van der Waals surface area contributed by atoms with Gasteiger partial charge in [-0.3, -0.25) is 14.5 Å². The number of carbonyl (C=O) groups is 2. The first kappa shape index (κ1) is 25.1. The summed E-state index contributed by atoms with van der Waals surface area (Å²) >= 11 is 0. The fraction of sp³-hybridized carbons (Fsp3) is 0.310. The highest BCUT2D eigenvalue weighted by Gasteiger charge is 2.48. The van der Waals surface area contributed by atoms with Gasteiger partial charge in [-0.25, -0.2) is 0 Å². The molecular weight excluding hydrogens is 458 g/mol. The van der Waals surface area contributed by atoms with Crippen LogP contribution in [0.3, 0.4) is 0 Å². The number of hydrogen-bond acceptors (Lipinski definition) is 6. The lowest BCUT2D eigenvalue weighted by Gasteiger charge is -2.24. The molecule has 1 aromatic heterocycles. The number of methoxy groups -OCH3 is 1. The van der Waals surface area contributed by atoms with E-state index in [1.165, 1.54) is 11.2 Å². The first-order valence-electron chi connectivity index (χ1n) is 11.9. The van der Waals surface area contributed by atoms with Gasteiger partial charge < -0.3 is 19.0 Å². The number of amides is 1. The van der Waals surface area contributed by atoms with Gasteiger partial charge in [0.15, 0.2) is 0 Å². The molecule has 1 aliphatic rings. The Morgan fingerprint density at radius 2 is 1.75 bits per heavy atom. The van der Waals surface area contributed by atoms with Crippen molar-refractivity contribution in [2.24, 2.45) is 0 Å². The summed E-state index contributed by atoms with van der Waals surface area (Å²) in [6.45, 7) is 9.72. The van der Waals surface area contributed by atoms with Crippen molar-refractivity contribution in [2.45, 2.75) is 52.7 Å². The number of ether oxygens (including phenoxy) is 2. The molecule has 1 fully saturated rings. The van der Waals surface area contributed by atoms with E-state index in [2.05, 4.69) is 0 Å². The Hall–Kier alpha value is -4.00. The Kier molecular flexibility index (Phi) is 6.93. The van der Waals surface area contributed by atoms with Crippen LogP contribution in [-0.4, -0.2) is 30.0 Å².